The fourth-order valence-corrected chi connectivity index (χ4v) is 3.81. The molecule has 3 heterocycles. The normalized spacial score (nSPS) is 16.6. The van der Waals surface area contributed by atoms with Gasteiger partial charge in [0.15, 0.2) is 0 Å². The molecule has 0 saturated carbocycles. The van der Waals surface area contributed by atoms with E-state index in [2.05, 4.69) is 26.1 Å². The van der Waals surface area contributed by atoms with Crippen molar-refractivity contribution < 1.29 is 14.7 Å². The highest BCUT2D eigenvalue weighted by Crippen LogP contribution is 2.29. The molecule has 0 aliphatic carbocycles. The average molecular weight is 404 g/mol. The molecule has 0 spiro atoms. The molecule has 1 aromatic carbocycles. The summed E-state index contributed by atoms with van der Waals surface area (Å²) in [4.78, 5) is 28.2. The zero-order chi connectivity index (χ0) is 20.1. The monoisotopic (exact) mass is 403 g/mol. The molecule has 3 aromatic rings. The van der Waals surface area contributed by atoms with Gasteiger partial charge >= 0.3 is 0 Å². The van der Waals surface area contributed by atoms with E-state index in [4.69, 9.17) is 21.5 Å². The lowest BCUT2D eigenvalue weighted by atomic mass is 10.1. The van der Waals surface area contributed by atoms with Crippen LogP contribution in [0.4, 0.5) is 0 Å². The zero-order valence-corrected chi connectivity index (χ0v) is 16.2. The molecule has 1 saturated heterocycles. The molecule has 0 radical (unpaired) electrons. The number of carbonyl (C=O) groups is 2. The van der Waals surface area contributed by atoms with Gasteiger partial charge < -0.3 is 15.0 Å². The number of hydrogen-bond donors (Lipinski definition) is 3. The summed E-state index contributed by atoms with van der Waals surface area (Å²) in [5.74, 6) is -0.0190. The van der Waals surface area contributed by atoms with Crippen LogP contribution in [-0.4, -0.2) is 68.6 Å². The van der Waals surface area contributed by atoms with Crippen LogP contribution in [0.2, 0.25) is 5.15 Å². The lowest BCUT2D eigenvalue weighted by Gasteiger charge is -2.24. The summed E-state index contributed by atoms with van der Waals surface area (Å²) in [6, 6.07) is 10.1. The van der Waals surface area contributed by atoms with Gasteiger partial charge in [-0.05, 0) is 18.6 Å². The Balaban J connectivity index is 0.000000706. The van der Waals surface area contributed by atoms with Crippen molar-refractivity contribution in [1.29, 1.82) is 0 Å². The van der Waals surface area contributed by atoms with Gasteiger partial charge in [0.2, 0.25) is 0 Å². The van der Waals surface area contributed by atoms with E-state index in [0.29, 0.717) is 10.8 Å². The van der Waals surface area contributed by atoms with Crippen molar-refractivity contribution in [2.75, 3.05) is 20.1 Å². The Morgan fingerprint density at radius 2 is 2.18 bits per heavy atom. The van der Waals surface area contributed by atoms with Gasteiger partial charge in [-0.15, -0.1) is 0 Å². The van der Waals surface area contributed by atoms with Crippen LogP contribution in [0, 0.1) is 0 Å². The molecule has 1 amide bonds. The first-order valence-corrected chi connectivity index (χ1v) is 9.24. The van der Waals surface area contributed by atoms with Crippen molar-refractivity contribution >= 4 is 34.9 Å². The van der Waals surface area contributed by atoms with E-state index in [1.54, 1.807) is 12.3 Å². The lowest BCUT2D eigenvalue weighted by molar-refractivity contribution is -0.122. The molecular weight excluding hydrogens is 382 g/mol. The summed E-state index contributed by atoms with van der Waals surface area (Å²) in [5, 5.41) is 15.3. The predicted molar refractivity (Wildman–Crippen MR) is 106 cm³/mol. The number of hydrogen-bond acceptors (Lipinski definition) is 4. The van der Waals surface area contributed by atoms with E-state index in [1.165, 1.54) is 0 Å². The molecule has 8 nitrogen and oxygen atoms in total. The maximum atomic E-state index is 12.5. The minimum absolute atomic E-state index is 0.0190. The molecule has 0 bridgehead atoms. The fourth-order valence-electron chi connectivity index (χ4n) is 3.55. The number of carbonyl (C=O) groups excluding carboxylic acids is 1. The molecule has 1 aliphatic rings. The first-order chi connectivity index (χ1) is 13.5. The second-order valence-electron chi connectivity index (χ2n) is 6.63. The van der Waals surface area contributed by atoms with Crippen molar-refractivity contribution in [2.24, 2.45) is 0 Å². The number of carboxylic acid groups (broad SMARTS) is 1. The second-order valence-corrected chi connectivity index (χ2v) is 7.01. The summed E-state index contributed by atoms with van der Waals surface area (Å²) < 4.78 is 0. The van der Waals surface area contributed by atoms with Crippen LogP contribution in [0.5, 0.6) is 0 Å². The predicted octanol–water partition coefficient (Wildman–Crippen LogP) is 2.59. The van der Waals surface area contributed by atoms with Crippen molar-refractivity contribution in [2.45, 2.75) is 19.0 Å². The van der Waals surface area contributed by atoms with Gasteiger partial charge in [-0.2, -0.15) is 5.10 Å². The summed E-state index contributed by atoms with van der Waals surface area (Å²) in [6.07, 6.45) is 2.55. The second kappa shape index (κ2) is 8.90. The molecule has 4 rings (SSSR count). The van der Waals surface area contributed by atoms with Gasteiger partial charge in [0.1, 0.15) is 10.8 Å². The van der Waals surface area contributed by atoms with Gasteiger partial charge in [0.05, 0.1) is 0 Å². The third-order valence-electron chi connectivity index (χ3n) is 4.99. The number of fused-ring (bicyclic) bond motifs is 1. The number of rotatable bonds is 4. The number of para-hydroxylation sites is 1. The summed E-state index contributed by atoms with van der Waals surface area (Å²) in [6.45, 7) is 2.32. The quantitative estimate of drug-likeness (QED) is 0.580. The number of benzene rings is 1. The van der Waals surface area contributed by atoms with Crippen molar-refractivity contribution in [3.63, 3.8) is 0 Å². The first kappa shape index (κ1) is 19.9. The number of aromatic nitrogens is 3. The molecule has 28 heavy (non-hydrogen) atoms. The number of nitrogens with zero attached hydrogens (tertiary/aromatic N) is 3. The van der Waals surface area contributed by atoms with E-state index < -0.39 is 0 Å². The molecule has 2 aromatic heterocycles. The van der Waals surface area contributed by atoms with Gasteiger partial charge in [0.25, 0.3) is 12.4 Å². The van der Waals surface area contributed by atoms with E-state index >= 15 is 0 Å². The largest absolute Gasteiger partial charge is 0.483 e. The fraction of sp³-hybridized carbons (Fsp3) is 0.316. The third-order valence-corrected chi connectivity index (χ3v) is 5.31. The van der Waals surface area contributed by atoms with Crippen LogP contribution in [-0.2, 0) is 11.3 Å². The first-order valence-electron chi connectivity index (χ1n) is 8.87. The Kier molecular flexibility index (Phi) is 6.33. The maximum absolute atomic E-state index is 12.5. The van der Waals surface area contributed by atoms with Gasteiger partial charge in [0, 0.05) is 55.4 Å². The molecule has 148 valence electrons. The van der Waals surface area contributed by atoms with E-state index in [-0.39, 0.29) is 18.4 Å². The van der Waals surface area contributed by atoms with Crippen LogP contribution in [0.1, 0.15) is 22.5 Å². The van der Waals surface area contributed by atoms with Crippen molar-refractivity contribution in [1.82, 2.24) is 25.0 Å². The summed E-state index contributed by atoms with van der Waals surface area (Å²) in [5.41, 5.74) is 2.71. The van der Waals surface area contributed by atoms with Crippen molar-refractivity contribution in [3.8, 4) is 0 Å². The molecule has 9 heteroatoms. The Morgan fingerprint density at radius 3 is 2.89 bits per heavy atom. The summed E-state index contributed by atoms with van der Waals surface area (Å²) in [7, 11) is 1.86. The van der Waals surface area contributed by atoms with Crippen LogP contribution in [0.15, 0.2) is 36.5 Å². The van der Waals surface area contributed by atoms with Crippen LogP contribution >= 0.6 is 11.6 Å². The van der Waals surface area contributed by atoms with Crippen LogP contribution < -0.4 is 0 Å². The highest BCUT2D eigenvalue weighted by Gasteiger charge is 2.30. The average Bonchev–Trinajstić information content (AvgIpc) is 3.43. The zero-order valence-electron chi connectivity index (χ0n) is 15.4. The Labute approximate surface area is 167 Å². The number of amides is 1. The highest BCUT2D eigenvalue weighted by atomic mass is 35.5. The van der Waals surface area contributed by atoms with E-state index in [9.17, 15) is 4.79 Å². The number of H-pyrrole nitrogens is 2. The summed E-state index contributed by atoms with van der Waals surface area (Å²) >= 11 is 6.41. The smallest absolute Gasteiger partial charge is 0.290 e. The van der Waals surface area contributed by atoms with Crippen molar-refractivity contribution in [3.05, 3.63) is 52.9 Å². The molecule has 3 N–H and O–H groups in total. The minimum atomic E-state index is -0.250. The Morgan fingerprint density at radius 1 is 1.43 bits per heavy atom. The molecule has 1 aliphatic heterocycles. The highest BCUT2D eigenvalue weighted by molar-refractivity contribution is 6.31. The van der Waals surface area contributed by atoms with Crippen LogP contribution in [0.3, 0.4) is 0 Å². The maximum Gasteiger partial charge on any atom is 0.290 e. The molecule has 1 fully saturated rings. The number of halogens is 1. The standard InChI is InChI=1S/C18H20ClN5O.CH2O2/c1-23(18(25)16-6-8-20-22-16)12-7-9-24(10-12)11-14-13-4-2-3-5-15(13)21-17(14)19;2-1-3/h2-6,8,12,21H,7,9-11H2,1H3,(H,20,22);1H,(H,2,3)/t12-;/m0./s1. The van der Waals surface area contributed by atoms with Gasteiger partial charge in [-0.3, -0.25) is 19.6 Å². The topological polar surface area (TPSA) is 105 Å². The number of nitrogens with one attached hydrogen (secondary N) is 2. The number of aromatic amines is 2. The molecule has 0 unspecified atom stereocenters. The minimum Gasteiger partial charge on any atom is -0.483 e. The number of likely N-dealkylation sites (N-methyl/N-ethyl adjacent to an activating group) is 1. The van der Waals surface area contributed by atoms with Gasteiger partial charge in [-0.1, -0.05) is 29.8 Å². The Bertz CT molecular complexity index is 940. The van der Waals surface area contributed by atoms with Crippen LogP contribution in [0.25, 0.3) is 10.9 Å². The number of likely N-dealkylation sites (tertiary alicyclic amines) is 1. The van der Waals surface area contributed by atoms with E-state index in [0.717, 1.165) is 42.5 Å². The lowest BCUT2D eigenvalue weighted by Crippen LogP contribution is -2.39. The molecular formula is C19H22ClN5O3. The van der Waals surface area contributed by atoms with E-state index in [1.807, 2.05) is 30.1 Å². The Hall–Kier alpha value is -2.84. The molecule has 1 atom stereocenters. The third kappa shape index (κ3) is 4.18. The SMILES string of the molecule is CN(C(=O)c1ccn[nH]1)[C@H]1CCN(Cc2c(Cl)[nH]c3ccccc23)C1.O=CO. The van der Waals surface area contributed by atoms with Gasteiger partial charge in [-0.25, -0.2) is 0 Å².